The number of carbonyl (C=O) groups excluding carboxylic acids is 1. The third-order valence-electron chi connectivity index (χ3n) is 4.99. The summed E-state index contributed by atoms with van der Waals surface area (Å²) >= 11 is 0. The fourth-order valence-corrected chi connectivity index (χ4v) is 3.55. The number of aromatic nitrogens is 2. The van der Waals surface area contributed by atoms with E-state index in [9.17, 15) is 9.18 Å². The first-order valence-electron chi connectivity index (χ1n) is 9.47. The lowest BCUT2D eigenvalue weighted by Gasteiger charge is -2.36. The first-order valence-corrected chi connectivity index (χ1v) is 9.47. The zero-order chi connectivity index (χ0) is 19.6. The van der Waals surface area contributed by atoms with Crippen molar-refractivity contribution in [1.29, 1.82) is 0 Å². The predicted molar refractivity (Wildman–Crippen MR) is 105 cm³/mol. The van der Waals surface area contributed by atoms with Crippen molar-refractivity contribution >= 4 is 11.7 Å². The molecule has 6 heteroatoms. The van der Waals surface area contributed by atoms with Crippen LogP contribution < -0.4 is 4.90 Å². The molecule has 144 valence electrons. The van der Waals surface area contributed by atoms with Crippen molar-refractivity contribution in [3.8, 4) is 0 Å². The molecule has 3 rings (SSSR count). The van der Waals surface area contributed by atoms with E-state index in [1.54, 1.807) is 6.92 Å². The molecule has 0 radical (unpaired) electrons. The van der Waals surface area contributed by atoms with Gasteiger partial charge in [0, 0.05) is 45.1 Å². The maximum Gasteiger partial charge on any atom is 0.219 e. The summed E-state index contributed by atoms with van der Waals surface area (Å²) in [7, 11) is 0. The van der Waals surface area contributed by atoms with Gasteiger partial charge in [0.15, 0.2) is 0 Å². The summed E-state index contributed by atoms with van der Waals surface area (Å²) < 4.78 is 13.3. The third-order valence-corrected chi connectivity index (χ3v) is 4.99. The monoisotopic (exact) mass is 370 g/mol. The van der Waals surface area contributed by atoms with Crippen molar-refractivity contribution in [2.24, 2.45) is 0 Å². The minimum atomic E-state index is -0.233. The summed E-state index contributed by atoms with van der Waals surface area (Å²) in [4.78, 5) is 25.2. The Morgan fingerprint density at radius 2 is 1.74 bits per heavy atom. The third kappa shape index (κ3) is 4.43. The summed E-state index contributed by atoms with van der Waals surface area (Å²) in [6.45, 7) is 10.7. The van der Waals surface area contributed by atoms with Crippen LogP contribution in [0.1, 0.15) is 49.3 Å². The number of carbonyl (C=O) groups is 1. The van der Waals surface area contributed by atoms with Crippen LogP contribution in [0, 0.1) is 12.7 Å². The highest BCUT2D eigenvalue weighted by Gasteiger charge is 2.24. The molecule has 2 heterocycles. The Morgan fingerprint density at radius 3 is 2.30 bits per heavy atom. The number of hydrogen-bond acceptors (Lipinski definition) is 4. The molecule has 0 N–H and O–H groups in total. The van der Waals surface area contributed by atoms with Gasteiger partial charge in [-0.2, -0.15) is 0 Å². The molecule has 2 aromatic rings. The highest BCUT2D eigenvalue weighted by atomic mass is 19.1. The van der Waals surface area contributed by atoms with Crippen molar-refractivity contribution in [1.82, 2.24) is 14.9 Å². The number of amides is 1. The molecule has 1 fully saturated rings. The largest absolute Gasteiger partial charge is 0.353 e. The van der Waals surface area contributed by atoms with Crippen LogP contribution in [0.2, 0.25) is 0 Å². The number of anilines is 1. The van der Waals surface area contributed by atoms with E-state index in [0.717, 1.165) is 41.6 Å². The second kappa shape index (κ2) is 8.03. The standard InChI is InChI=1S/C21H27FN4O/c1-14(2)20-19(13-17-5-7-18(22)8-6-17)21(24-15(3)23-20)26-11-9-25(10-12-26)16(4)27/h5-8,14H,9-13H2,1-4H3. The Hall–Kier alpha value is -2.50. The SMILES string of the molecule is CC(=O)N1CCN(c2nc(C)nc(C(C)C)c2Cc2ccc(F)cc2)CC1. The Labute approximate surface area is 160 Å². The average Bonchev–Trinajstić information content (AvgIpc) is 2.64. The van der Waals surface area contributed by atoms with E-state index in [2.05, 4.69) is 18.7 Å². The number of benzene rings is 1. The summed E-state index contributed by atoms with van der Waals surface area (Å²) in [5.41, 5.74) is 3.17. The summed E-state index contributed by atoms with van der Waals surface area (Å²) in [6.07, 6.45) is 0.663. The van der Waals surface area contributed by atoms with E-state index in [4.69, 9.17) is 9.97 Å². The number of nitrogens with zero attached hydrogens (tertiary/aromatic N) is 4. The van der Waals surface area contributed by atoms with Crippen LogP contribution in [0.3, 0.4) is 0 Å². The van der Waals surface area contributed by atoms with E-state index in [1.165, 1.54) is 12.1 Å². The van der Waals surface area contributed by atoms with Crippen molar-refractivity contribution < 1.29 is 9.18 Å². The van der Waals surface area contributed by atoms with Gasteiger partial charge in [-0.15, -0.1) is 0 Å². The Kier molecular flexibility index (Phi) is 5.73. The number of halogens is 1. The number of hydrogen-bond donors (Lipinski definition) is 0. The van der Waals surface area contributed by atoms with Gasteiger partial charge in [0.25, 0.3) is 0 Å². The quantitative estimate of drug-likeness (QED) is 0.829. The van der Waals surface area contributed by atoms with Crippen molar-refractivity contribution in [2.45, 2.75) is 40.0 Å². The molecule has 1 aliphatic rings. The average molecular weight is 370 g/mol. The predicted octanol–water partition coefficient (Wildman–Crippen LogP) is 3.31. The second-order valence-corrected chi connectivity index (χ2v) is 7.41. The molecule has 0 atom stereocenters. The molecule has 1 saturated heterocycles. The molecular formula is C21H27FN4O. The van der Waals surface area contributed by atoms with Gasteiger partial charge in [0.05, 0.1) is 5.69 Å². The van der Waals surface area contributed by atoms with Crippen LogP contribution in [-0.2, 0) is 11.2 Å². The first kappa shape index (κ1) is 19.3. The molecule has 5 nitrogen and oxygen atoms in total. The van der Waals surface area contributed by atoms with Crippen molar-refractivity contribution in [3.63, 3.8) is 0 Å². The second-order valence-electron chi connectivity index (χ2n) is 7.41. The zero-order valence-electron chi connectivity index (χ0n) is 16.5. The van der Waals surface area contributed by atoms with Gasteiger partial charge in [0.1, 0.15) is 17.5 Å². The lowest BCUT2D eigenvalue weighted by atomic mass is 9.97. The van der Waals surface area contributed by atoms with Crippen molar-refractivity contribution in [2.75, 3.05) is 31.1 Å². The van der Waals surface area contributed by atoms with Gasteiger partial charge in [-0.1, -0.05) is 26.0 Å². The van der Waals surface area contributed by atoms with Gasteiger partial charge >= 0.3 is 0 Å². The Bertz CT molecular complexity index is 812. The van der Waals surface area contributed by atoms with Crippen LogP contribution in [0.5, 0.6) is 0 Å². The lowest BCUT2D eigenvalue weighted by molar-refractivity contribution is -0.129. The molecule has 1 aromatic carbocycles. The normalized spacial score (nSPS) is 14.7. The molecule has 1 aromatic heterocycles. The summed E-state index contributed by atoms with van der Waals surface area (Å²) in [5, 5.41) is 0. The molecule has 0 saturated carbocycles. The van der Waals surface area contributed by atoms with E-state index >= 15 is 0 Å². The van der Waals surface area contributed by atoms with Crippen LogP contribution in [0.25, 0.3) is 0 Å². The smallest absolute Gasteiger partial charge is 0.219 e. The van der Waals surface area contributed by atoms with Crippen LogP contribution >= 0.6 is 0 Å². The molecule has 1 amide bonds. The molecule has 1 aliphatic heterocycles. The highest BCUT2D eigenvalue weighted by molar-refractivity contribution is 5.73. The van der Waals surface area contributed by atoms with E-state index < -0.39 is 0 Å². The fraction of sp³-hybridized carbons (Fsp3) is 0.476. The molecular weight excluding hydrogens is 343 g/mol. The van der Waals surface area contributed by atoms with Gasteiger partial charge in [0.2, 0.25) is 5.91 Å². The van der Waals surface area contributed by atoms with Crippen LogP contribution in [-0.4, -0.2) is 47.0 Å². The summed E-state index contributed by atoms with van der Waals surface area (Å²) in [6, 6.07) is 6.61. The highest BCUT2D eigenvalue weighted by Crippen LogP contribution is 2.29. The van der Waals surface area contributed by atoms with E-state index in [0.29, 0.717) is 19.5 Å². The van der Waals surface area contributed by atoms with Gasteiger partial charge in [-0.05, 0) is 30.5 Å². The number of piperazine rings is 1. The van der Waals surface area contributed by atoms with Gasteiger partial charge in [-0.3, -0.25) is 4.79 Å². The number of aryl methyl sites for hydroxylation is 1. The fourth-order valence-electron chi connectivity index (χ4n) is 3.55. The lowest BCUT2D eigenvalue weighted by Crippen LogP contribution is -2.48. The molecule has 0 aliphatic carbocycles. The maximum absolute atomic E-state index is 13.3. The first-order chi connectivity index (χ1) is 12.8. The Balaban J connectivity index is 1.97. The van der Waals surface area contributed by atoms with Crippen molar-refractivity contribution in [3.05, 3.63) is 52.7 Å². The minimum Gasteiger partial charge on any atom is -0.353 e. The van der Waals surface area contributed by atoms with Gasteiger partial charge < -0.3 is 9.80 Å². The van der Waals surface area contributed by atoms with Crippen LogP contribution in [0.4, 0.5) is 10.2 Å². The van der Waals surface area contributed by atoms with Gasteiger partial charge in [-0.25, -0.2) is 14.4 Å². The molecule has 0 unspecified atom stereocenters. The zero-order valence-corrected chi connectivity index (χ0v) is 16.5. The summed E-state index contributed by atoms with van der Waals surface area (Å²) in [5.74, 6) is 1.84. The molecule has 0 bridgehead atoms. The Morgan fingerprint density at radius 1 is 1.11 bits per heavy atom. The molecule has 27 heavy (non-hydrogen) atoms. The topological polar surface area (TPSA) is 49.3 Å². The minimum absolute atomic E-state index is 0.114. The maximum atomic E-state index is 13.3. The van der Waals surface area contributed by atoms with E-state index in [-0.39, 0.29) is 17.6 Å². The van der Waals surface area contributed by atoms with Crippen LogP contribution in [0.15, 0.2) is 24.3 Å². The molecule has 0 spiro atoms. The number of rotatable bonds is 4. The van der Waals surface area contributed by atoms with E-state index in [1.807, 2.05) is 24.0 Å².